The Morgan fingerprint density at radius 3 is 2.79 bits per heavy atom. The summed E-state index contributed by atoms with van der Waals surface area (Å²) in [6.07, 6.45) is 5.53. The predicted molar refractivity (Wildman–Crippen MR) is 101 cm³/mol. The molecule has 2 aliphatic heterocycles. The maximum atomic E-state index is 12.7. The van der Waals surface area contributed by atoms with E-state index in [1.165, 1.54) is 9.69 Å². The lowest BCUT2D eigenvalue weighted by Crippen LogP contribution is -2.42. The molecule has 0 spiro atoms. The fourth-order valence-electron chi connectivity index (χ4n) is 3.25. The number of rotatable bonds is 4. The van der Waals surface area contributed by atoms with Crippen LogP contribution in [0.3, 0.4) is 0 Å². The van der Waals surface area contributed by atoms with E-state index >= 15 is 0 Å². The van der Waals surface area contributed by atoms with Crippen LogP contribution in [-0.2, 0) is 19.4 Å². The Balaban J connectivity index is 1.56. The van der Waals surface area contributed by atoms with Gasteiger partial charge in [-0.3, -0.25) is 9.59 Å². The second-order valence-electron chi connectivity index (χ2n) is 6.62. The zero-order valence-corrected chi connectivity index (χ0v) is 15.7. The van der Waals surface area contributed by atoms with Gasteiger partial charge in [-0.05, 0) is 24.6 Å². The third kappa shape index (κ3) is 3.65. The van der Waals surface area contributed by atoms with Crippen LogP contribution in [0.5, 0.6) is 0 Å². The van der Waals surface area contributed by atoms with Crippen molar-refractivity contribution in [2.45, 2.75) is 25.3 Å². The van der Waals surface area contributed by atoms with Crippen molar-refractivity contribution in [3.63, 3.8) is 0 Å². The van der Waals surface area contributed by atoms with E-state index in [0.29, 0.717) is 17.9 Å². The molecule has 0 saturated carbocycles. The van der Waals surface area contributed by atoms with E-state index in [4.69, 9.17) is 0 Å². The highest BCUT2D eigenvalue weighted by molar-refractivity contribution is 7.91. The van der Waals surface area contributed by atoms with Crippen molar-refractivity contribution in [1.82, 2.24) is 19.8 Å². The molecule has 2 amide bonds. The molecule has 0 radical (unpaired) electrons. The minimum absolute atomic E-state index is 0.0292. The second-order valence-corrected chi connectivity index (χ2v) is 8.85. The van der Waals surface area contributed by atoms with Gasteiger partial charge in [0.1, 0.15) is 5.71 Å². The molecule has 4 heterocycles. The number of anilines is 1. The number of aromatic nitrogens is 3. The minimum atomic E-state index is -3.17. The number of sulfone groups is 1. The molecule has 2 aromatic rings. The van der Waals surface area contributed by atoms with Crippen LogP contribution in [0.4, 0.5) is 5.69 Å². The van der Waals surface area contributed by atoms with Gasteiger partial charge in [-0.25, -0.2) is 23.1 Å². The molecule has 1 saturated heterocycles. The molecular weight excluding hydrogens is 384 g/mol. The first-order valence-corrected chi connectivity index (χ1v) is 10.6. The molecule has 1 atom stereocenters. The summed E-state index contributed by atoms with van der Waals surface area (Å²) < 4.78 is 25.0. The third-order valence-electron chi connectivity index (χ3n) is 4.63. The number of pyridine rings is 1. The van der Waals surface area contributed by atoms with Crippen molar-refractivity contribution in [2.24, 2.45) is 5.10 Å². The smallest absolute Gasteiger partial charge is 0.271 e. The Bertz CT molecular complexity index is 1050. The molecule has 0 aliphatic carbocycles. The standard InChI is InChI=1S/C17H18N6O4S/c24-15-5-4-14(21-23(15)12-6-10-28(26,27)11-12)17(25)20-13-3-1-7-18-16(13)22-9-2-8-19-22/h1-3,7-9,12H,4-6,10-11H2,(H,20,25). The average molecular weight is 402 g/mol. The molecule has 10 nitrogen and oxygen atoms in total. The van der Waals surface area contributed by atoms with Gasteiger partial charge in [0.2, 0.25) is 5.91 Å². The van der Waals surface area contributed by atoms with Gasteiger partial charge < -0.3 is 5.32 Å². The Kier molecular flexibility index (Phi) is 4.67. The van der Waals surface area contributed by atoms with Crippen molar-refractivity contribution in [3.8, 4) is 5.82 Å². The summed E-state index contributed by atoms with van der Waals surface area (Å²) in [6.45, 7) is 0. The number of nitrogens with zero attached hydrogens (tertiary/aromatic N) is 5. The highest BCUT2D eigenvalue weighted by Gasteiger charge is 2.37. The van der Waals surface area contributed by atoms with Crippen molar-refractivity contribution in [2.75, 3.05) is 16.8 Å². The quantitative estimate of drug-likeness (QED) is 0.787. The topological polar surface area (TPSA) is 127 Å². The molecule has 1 fully saturated rings. The molecule has 0 bridgehead atoms. The van der Waals surface area contributed by atoms with Gasteiger partial charge in [0.15, 0.2) is 15.7 Å². The number of carbonyl (C=O) groups is 2. The largest absolute Gasteiger partial charge is 0.318 e. The lowest BCUT2D eigenvalue weighted by atomic mass is 10.1. The van der Waals surface area contributed by atoms with E-state index in [1.54, 1.807) is 36.8 Å². The van der Waals surface area contributed by atoms with Crippen LogP contribution < -0.4 is 5.32 Å². The van der Waals surface area contributed by atoms with E-state index in [0.717, 1.165) is 0 Å². The Labute approximate surface area is 161 Å². The maximum Gasteiger partial charge on any atom is 0.271 e. The number of amides is 2. The molecule has 2 aromatic heterocycles. The van der Waals surface area contributed by atoms with Crippen LogP contribution in [0.2, 0.25) is 0 Å². The van der Waals surface area contributed by atoms with Crippen LogP contribution >= 0.6 is 0 Å². The zero-order valence-electron chi connectivity index (χ0n) is 14.9. The second kappa shape index (κ2) is 7.15. The summed E-state index contributed by atoms with van der Waals surface area (Å²) in [5.41, 5.74) is 0.630. The van der Waals surface area contributed by atoms with Gasteiger partial charge in [0, 0.05) is 31.4 Å². The lowest BCUT2D eigenvalue weighted by Gasteiger charge is -2.27. The van der Waals surface area contributed by atoms with E-state index in [9.17, 15) is 18.0 Å². The summed E-state index contributed by atoms with van der Waals surface area (Å²) in [5.74, 6) is -0.367. The molecule has 1 unspecified atom stereocenters. The summed E-state index contributed by atoms with van der Waals surface area (Å²) in [4.78, 5) is 29.2. The minimum Gasteiger partial charge on any atom is -0.318 e. The van der Waals surface area contributed by atoms with Crippen LogP contribution in [0.25, 0.3) is 5.82 Å². The number of hydrogen-bond donors (Lipinski definition) is 1. The Morgan fingerprint density at radius 2 is 2.07 bits per heavy atom. The van der Waals surface area contributed by atoms with Gasteiger partial charge in [-0.1, -0.05) is 0 Å². The summed E-state index contributed by atoms with van der Waals surface area (Å²) in [5, 5.41) is 12.2. The van der Waals surface area contributed by atoms with Crippen LogP contribution in [-0.4, -0.2) is 63.3 Å². The predicted octanol–water partition coefficient (Wildman–Crippen LogP) is 0.371. The molecular formula is C17H18N6O4S. The Hall–Kier alpha value is -3.08. The molecule has 1 N–H and O–H groups in total. The van der Waals surface area contributed by atoms with E-state index in [1.807, 2.05) is 0 Å². The number of hydrogen-bond acceptors (Lipinski definition) is 7. The van der Waals surface area contributed by atoms with E-state index < -0.39 is 21.8 Å². The molecule has 0 aromatic carbocycles. The zero-order chi connectivity index (χ0) is 19.7. The fourth-order valence-corrected chi connectivity index (χ4v) is 4.95. The first-order valence-electron chi connectivity index (χ1n) is 8.79. The summed E-state index contributed by atoms with van der Waals surface area (Å²) in [7, 11) is -3.17. The molecule has 146 valence electrons. The summed E-state index contributed by atoms with van der Waals surface area (Å²) in [6, 6.07) is 4.60. The number of hydrazone groups is 1. The van der Waals surface area contributed by atoms with Gasteiger partial charge in [-0.2, -0.15) is 10.2 Å². The van der Waals surface area contributed by atoms with Gasteiger partial charge in [0.05, 0.1) is 23.2 Å². The molecule has 28 heavy (non-hydrogen) atoms. The van der Waals surface area contributed by atoms with Crippen molar-refractivity contribution < 1.29 is 18.0 Å². The monoisotopic (exact) mass is 402 g/mol. The van der Waals surface area contributed by atoms with Crippen LogP contribution in [0.15, 0.2) is 41.9 Å². The number of nitrogens with one attached hydrogen (secondary N) is 1. The Morgan fingerprint density at radius 1 is 1.21 bits per heavy atom. The fraction of sp³-hybridized carbons (Fsp3) is 0.353. The molecule has 4 rings (SSSR count). The van der Waals surface area contributed by atoms with Crippen LogP contribution in [0, 0.1) is 0 Å². The van der Waals surface area contributed by atoms with E-state index in [-0.39, 0.29) is 36.0 Å². The SMILES string of the molecule is O=C(Nc1cccnc1-n1cccn1)C1=NN(C2CCS(=O)(=O)C2)C(=O)CC1. The lowest BCUT2D eigenvalue weighted by molar-refractivity contribution is -0.133. The summed E-state index contributed by atoms with van der Waals surface area (Å²) >= 11 is 0. The molecule has 11 heteroatoms. The highest BCUT2D eigenvalue weighted by Crippen LogP contribution is 2.23. The maximum absolute atomic E-state index is 12.7. The molecule has 2 aliphatic rings. The van der Waals surface area contributed by atoms with Gasteiger partial charge >= 0.3 is 0 Å². The average Bonchev–Trinajstić information content (AvgIpc) is 3.32. The van der Waals surface area contributed by atoms with Gasteiger partial charge in [-0.15, -0.1) is 0 Å². The van der Waals surface area contributed by atoms with Crippen molar-refractivity contribution >= 4 is 33.1 Å². The first kappa shape index (κ1) is 18.3. The third-order valence-corrected chi connectivity index (χ3v) is 6.38. The van der Waals surface area contributed by atoms with Crippen molar-refractivity contribution in [1.29, 1.82) is 0 Å². The number of carbonyl (C=O) groups excluding carboxylic acids is 2. The highest BCUT2D eigenvalue weighted by atomic mass is 32.2. The van der Waals surface area contributed by atoms with Gasteiger partial charge in [0.25, 0.3) is 5.91 Å². The van der Waals surface area contributed by atoms with E-state index in [2.05, 4.69) is 20.5 Å². The normalized spacial score (nSPS) is 21.4. The van der Waals surface area contributed by atoms with Crippen molar-refractivity contribution in [3.05, 3.63) is 36.8 Å². The van der Waals surface area contributed by atoms with Crippen LogP contribution in [0.1, 0.15) is 19.3 Å². The first-order chi connectivity index (χ1) is 13.4.